The summed E-state index contributed by atoms with van der Waals surface area (Å²) in [6, 6.07) is 5.27. The molecule has 2 amide bonds. The summed E-state index contributed by atoms with van der Waals surface area (Å²) in [5.41, 5.74) is 8.86. The quantitative estimate of drug-likeness (QED) is 0.832. The standard InChI is InChI=1S/C17H27N3O2.ClH/c1-6-20(14-9-7-8-12(4)13(14)5)15(21)10-19-17(22)16(18)11(2)3;/h7-9,11,16H,6,10,18H2,1-5H3,(H,19,22);1H/t16-;/m0./s1. The summed E-state index contributed by atoms with van der Waals surface area (Å²) in [6.07, 6.45) is 0. The number of nitrogens with one attached hydrogen (secondary N) is 1. The average molecular weight is 342 g/mol. The second-order valence-electron chi connectivity index (χ2n) is 5.84. The van der Waals surface area contributed by atoms with E-state index < -0.39 is 6.04 Å². The van der Waals surface area contributed by atoms with E-state index in [1.165, 1.54) is 0 Å². The van der Waals surface area contributed by atoms with Crippen molar-refractivity contribution in [3.8, 4) is 0 Å². The summed E-state index contributed by atoms with van der Waals surface area (Å²) in [5.74, 6) is -0.391. The fourth-order valence-electron chi connectivity index (χ4n) is 2.19. The van der Waals surface area contributed by atoms with Crippen molar-refractivity contribution in [1.29, 1.82) is 0 Å². The molecule has 1 aromatic carbocycles. The molecule has 0 fully saturated rings. The first-order chi connectivity index (χ1) is 10.3. The number of nitrogens with zero attached hydrogens (tertiary/aromatic N) is 1. The van der Waals surface area contributed by atoms with E-state index in [0.29, 0.717) is 6.54 Å². The van der Waals surface area contributed by atoms with Crippen LogP contribution in [0.25, 0.3) is 0 Å². The van der Waals surface area contributed by atoms with Gasteiger partial charge in [-0.3, -0.25) is 9.59 Å². The second kappa shape index (κ2) is 9.53. The van der Waals surface area contributed by atoms with E-state index >= 15 is 0 Å². The topological polar surface area (TPSA) is 75.4 Å². The van der Waals surface area contributed by atoms with Crippen LogP contribution >= 0.6 is 12.4 Å². The molecule has 5 nitrogen and oxygen atoms in total. The highest BCUT2D eigenvalue weighted by atomic mass is 35.5. The highest BCUT2D eigenvalue weighted by Gasteiger charge is 2.20. The molecule has 0 heterocycles. The number of hydrogen-bond acceptors (Lipinski definition) is 3. The molecule has 0 radical (unpaired) electrons. The maximum atomic E-state index is 12.4. The average Bonchev–Trinajstić information content (AvgIpc) is 2.48. The van der Waals surface area contributed by atoms with Crippen molar-refractivity contribution >= 4 is 29.9 Å². The van der Waals surface area contributed by atoms with Crippen LogP contribution in [0, 0.1) is 19.8 Å². The zero-order valence-corrected chi connectivity index (χ0v) is 15.4. The Morgan fingerprint density at radius 1 is 1.26 bits per heavy atom. The molecule has 0 aliphatic carbocycles. The molecule has 0 unspecified atom stereocenters. The molecular formula is C17H28ClN3O2. The molecule has 130 valence electrons. The number of hydrogen-bond donors (Lipinski definition) is 2. The van der Waals surface area contributed by atoms with Gasteiger partial charge in [-0.15, -0.1) is 12.4 Å². The number of anilines is 1. The minimum Gasteiger partial charge on any atom is -0.346 e. The van der Waals surface area contributed by atoms with Gasteiger partial charge < -0.3 is 16.0 Å². The van der Waals surface area contributed by atoms with Gasteiger partial charge in [-0.25, -0.2) is 0 Å². The number of benzene rings is 1. The molecule has 1 atom stereocenters. The summed E-state index contributed by atoms with van der Waals surface area (Å²) >= 11 is 0. The first kappa shape index (κ1) is 21.4. The van der Waals surface area contributed by atoms with Crippen molar-refractivity contribution in [3.05, 3.63) is 29.3 Å². The molecule has 1 rings (SSSR count). The van der Waals surface area contributed by atoms with Gasteiger partial charge in [0.05, 0.1) is 12.6 Å². The Hall–Kier alpha value is -1.59. The lowest BCUT2D eigenvalue weighted by Crippen LogP contribution is -2.48. The Morgan fingerprint density at radius 3 is 2.39 bits per heavy atom. The van der Waals surface area contributed by atoms with Crippen LogP contribution in [0.5, 0.6) is 0 Å². The van der Waals surface area contributed by atoms with Gasteiger partial charge in [-0.1, -0.05) is 26.0 Å². The van der Waals surface area contributed by atoms with Crippen LogP contribution in [0.15, 0.2) is 18.2 Å². The Balaban J connectivity index is 0.00000484. The number of amides is 2. The first-order valence-electron chi connectivity index (χ1n) is 7.69. The van der Waals surface area contributed by atoms with Crippen LogP contribution in [-0.4, -0.2) is 30.9 Å². The van der Waals surface area contributed by atoms with Gasteiger partial charge in [-0.2, -0.15) is 0 Å². The van der Waals surface area contributed by atoms with Crippen molar-refractivity contribution < 1.29 is 9.59 Å². The van der Waals surface area contributed by atoms with Gasteiger partial charge in [0.15, 0.2) is 0 Å². The molecule has 0 aliphatic rings. The van der Waals surface area contributed by atoms with Crippen molar-refractivity contribution in [2.24, 2.45) is 11.7 Å². The molecule has 23 heavy (non-hydrogen) atoms. The van der Waals surface area contributed by atoms with Gasteiger partial charge in [-0.05, 0) is 43.9 Å². The van der Waals surface area contributed by atoms with Crippen molar-refractivity contribution in [1.82, 2.24) is 5.32 Å². The molecule has 0 aliphatic heterocycles. The van der Waals surface area contributed by atoms with E-state index in [9.17, 15) is 9.59 Å². The lowest BCUT2D eigenvalue weighted by atomic mass is 10.1. The van der Waals surface area contributed by atoms with Crippen LogP contribution in [0.2, 0.25) is 0 Å². The molecule has 0 bridgehead atoms. The zero-order chi connectivity index (χ0) is 16.9. The SMILES string of the molecule is CCN(C(=O)CNC(=O)[C@@H](N)C(C)C)c1cccc(C)c1C.Cl. The lowest BCUT2D eigenvalue weighted by molar-refractivity contribution is -0.126. The van der Waals surface area contributed by atoms with Gasteiger partial charge in [0.1, 0.15) is 0 Å². The molecule has 6 heteroatoms. The van der Waals surface area contributed by atoms with Crippen molar-refractivity contribution in [3.63, 3.8) is 0 Å². The lowest BCUT2D eigenvalue weighted by Gasteiger charge is -2.24. The molecule has 0 aromatic heterocycles. The van der Waals surface area contributed by atoms with Crippen LogP contribution in [-0.2, 0) is 9.59 Å². The Morgan fingerprint density at radius 2 is 1.87 bits per heavy atom. The Kier molecular flexibility index (Phi) is 8.87. The number of rotatable bonds is 6. The summed E-state index contributed by atoms with van der Waals surface area (Å²) in [7, 11) is 0. The molecule has 0 spiro atoms. The normalized spacial score (nSPS) is 11.6. The number of likely N-dealkylation sites (N-methyl/N-ethyl adjacent to an activating group) is 1. The number of nitrogens with two attached hydrogens (primary N) is 1. The number of halogens is 1. The highest BCUT2D eigenvalue weighted by molar-refractivity contribution is 5.97. The Labute approximate surface area is 145 Å². The van der Waals surface area contributed by atoms with E-state index in [2.05, 4.69) is 5.32 Å². The monoisotopic (exact) mass is 341 g/mol. The molecular weight excluding hydrogens is 314 g/mol. The molecule has 0 saturated carbocycles. The van der Waals surface area contributed by atoms with E-state index in [1.54, 1.807) is 4.90 Å². The smallest absolute Gasteiger partial charge is 0.246 e. The third-order valence-electron chi connectivity index (χ3n) is 3.92. The van der Waals surface area contributed by atoms with E-state index in [1.807, 2.05) is 52.8 Å². The summed E-state index contributed by atoms with van der Waals surface area (Å²) in [4.78, 5) is 25.9. The minimum absolute atomic E-state index is 0. The van der Waals surface area contributed by atoms with Crippen LogP contribution in [0.3, 0.4) is 0 Å². The number of aryl methyl sites for hydroxylation is 1. The third kappa shape index (κ3) is 5.52. The fourth-order valence-corrected chi connectivity index (χ4v) is 2.19. The maximum Gasteiger partial charge on any atom is 0.246 e. The van der Waals surface area contributed by atoms with Crippen LogP contribution in [0.1, 0.15) is 31.9 Å². The zero-order valence-electron chi connectivity index (χ0n) is 14.6. The van der Waals surface area contributed by atoms with E-state index in [4.69, 9.17) is 5.73 Å². The molecule has 3 N–H and O–H groups in total. The highest BCUT2D eigenvalue weighted by Crippen LogP contribution is 2.22. The first-order valence-corrected chi connectivity index (χ1v) is 7.69. The number of carbonyl (C=O) groups is 2. The molecule has 0 saturated heterocycles. The van der Waals surface area contributed by atoms with E-state index in [-0.39, 0.29) is 36.7 Å². The largest absolute Gasteiger partial charge is 0.346 e. The predicted octanol–water partition coefficient (Wildman–Crippen LogP) is 2.18. The van der Waals surface area contributed by atoms with Gasteiger partial charge in [0, 0.05) is 12.2 Å². The van der Waals surface area contributed by atoms with E-state index in [0.717, 1.165) is 16.8 Å². The predicted molar refractivity (Wildman–Crippen MR) is 97.0 cm³/mol. The van der Waals surface area contributed by atoms with Crippen molar-refractivity contribution in [2.45, 2.75) is 40.7 Å². The minimum atomic E-state index is -0.594. The summed E-state index contributed by atoms with van der Waals surface area (Å²) in [5, 5.41) is 2.63. The van der Waals surface area contributed by atoms with Gasteiger partial charge in [0.25, 0.3) is 0 Å². The molecule has 1 aromatic rings. The van der Waals surface area contributed by atoms with Crippen molar-refractivity contribution in [2.75, 3.05) is 18.0 Å². The fraction of sp³-hybridized carbons (Fsp3) is 0.529. The summed E-state index contributed by atoms with van der Waals surface area (Å²) in [6.45, 7) is 10.2. The van der Waals surface area contributed by atoms with Crippen LogP contribution < -0.4 is 16.0 Å². The third-order valence-corrected chi connectivity index (χ3v) is 3.92. The second-order valence-corrected chi connectivity index (χ2v) is 5.84. The van der Waals surface area contributed by atoms with Crippen LogP contribution in [0.4, 0.5) is 5.69 Å². The Bertz CT molecular complexity index is 547. The number of carbonyl (C=O) groups excluding carboxylic acids is 2. The maximum absolute atomic E-state index is 12.4. The summed E-state index contributed by atoms with van der Waals surface area (Å²) < 4.78 is 0. The van der Waals surface area contributed by atoms with Gasteiger partial charge >= 0.3 is 0 Å². The van der Waals surface area contributed by atoms with Gasteiger partial charge in [0.2, 0.25) is 11.8 Å².